The van der Waals surface area contributed by atoms with Gasteiger partial charge < -0.3 is 20.5 Å². The molecule has 8 nitrogen and oxygen atoms in total. The number of ether oxygens (including phenoxy) is 1. The smallest absolute Gasteiger partial charge is 0.159 e. The first-order valence-corrected chi connectivity index (χ1v) is 10.4. The van der Waals surface area contributed by atoms with Crippen molar-refractivity contribution in [2.75, 3.05) is 24.6 Å². The lowest BCUT2D eigenvalue weighted by molar-refractivity contribution is 0.0973. The van der Waals surface area contributed by atoms with E-state index in [2.05, 4.69) is 14.9 Å². The van der Waals surface area contributed by atoms with Crippen molar-refractivity contribution in [2.24, 2.45) is 11.1 Å². The molecule has 2 aromatic heterocycles. The second-order valence-corrected chi connectivity index (χ2v) is 8.49. The summed E-state index contributed by atoms with van der Waals surface area (Å²) in [6.07, 6.45) is 3.42. The third-order valence-corrected chi connectivity index (χ3v) is 6.81. The maximum Gasteiger partial charge on any atom is 0.159 e. The Balaban J connectivity index is 0.00000272. The Hall–Kier alpha value is -2.31. The summed E-state index contributed by atoms with van der Waals surface area (Å²) >= 11 is 6.34. The standard InChI is InChI=1S/C21H25ClN6O2.CH4/c1-12-18(14-3-6-25-15(9-23)17(14)22)27-16(10-29)20(26-12)28-7-4-21(5-8-28)11-30-13(2)19(21)24;/h3,6,13,19,29H,4-5,7-8,10-11,24H2,1-2H3;1H4/t13-,19+;/m0./s1. The van der Waals surface area contributed by atoms with Gasteiger partial charge in [0.15, 0.2) is 11.5 Å². The van der Waals surface area contributed by atoms with Gasteiger partial charge in [-0.05, 0) is 32.8 Å². The monoisotopic (exact) mass is 444 g/mol. The lowest BCUT2D eigenvalue weighted by Crippen LogP contribution is -2.51. The summed E-state index contributed by atoms with van der Waals surface area (Å²) in [6.45, 7) is 5.89. The van der Waals surface area contributed by atoms with Gasteiger partial charge in [-0.2, -0.15) is 5.26 Å². The fourth-order valence-corrected chi connectivity index (χ4v) is 4.74. The quantitative estimate of drug-likeness (QED) is 0.741. The average Bonchev–Trinajstić information content (AvgIpc) is 3.03. The van der Waals surface area contributed by atoms with E-state index in [1.165, 1.54) is 6.20 Å². The molecule has 2 saturated heterocycles. The minimum Gasteiger partial charge on any atom is -0.390 e. The summed E-state index contributed by atoms with van der Waals surface area (Å²) in [4.78, 5) is 15.6. The number of nitrogens with zero attached hydrogens (tertiary/aromatic N) is 5. The van der Waals surface area contributed by atoms with Crippen molar-refractivity contribution in [3.05, 3.63) is 34.4 Å². The highest BCUT2D eigenvalue weighted by Gasteiger charge is 2.47. The molecule has 4 heterocycles. The summed E-state index contributed by atoms with van der Waals surface area (Å²) in [5.74, 6) is 0.680. The minimum atomic E-state index is -0.245. The highest BCUT2D eigenvalue weighted by molar-refractivity contribution is 6.34. The fraction of sp³-hybridized carbons (Fsp3) is 0.545. The molecule has 31 heavy (non-hydrogen) atoms. The molecular weight excluding hydrogens is 416 g/mol. The Kier molecular flexibility index (Phi) is 6.82. The number of nitriles is 1. The molecule has 2 atom stereocenters. The number of aliphatic hydroxyl groups is 1. The van der Waals surface area contributed by atoms with Crippen LogP contribution in [-0.4, -0.2) is 51.9 Å². The van der Waals surface area contributed by atoms with Crippen molar-refractivity contribution in [1.82, 2.24) is 15.0 Å². The number of aromatic nitrogens is 3. The summed E-state index contributed by atoms with van der Waals surface area (Å²) < 4.78 is 5.81. The van der Waals surface area contributed by atoms with Gasteiger partial charge in [0.2, 0.25) is 0 Å². The number of nitrogens with two attached hydrogens (primary N) is 1. The number of aryl methyl sites for hydroxylation is 1. The van der Waals surface area contributed by atoms with Gasteiger partial charge in [0.25, 0.3) is 0 Å². The van der Waals surface area contributed by atoms with Crippen molar-refractivity contribution in [3.63, 3.8) is 0 Å². The summed E-state index contributed by atoms with van der Waals surface area (Å²) in [5.41, 5.74) is 8.85. The maximum atomic E-state index is 10.00. The van der Waals surface area contributed by atoms with E-state index >= 15 is 0 Å². The normalized spacial score (nSPS) is 22.3. The molecule has 9 heteroatoms. The van der Waals surface area contributed by atoms with Crippen molar-refractivity contribution in [1.29, 1.82) is 5.26 Å². The van der Waals surface area contributed by atoms with Crippen LogP contribution in [0.2, 0.25) is 5.02 Å². The molecule has 0 radical (unpaired) electrons. The van der Waals surface area contributed by atoms with E-state index in [4.69, 9.17) is 27.1 Å². The number of anilines is 1. The molecule has 0 amide bonds. The Morgan fingerprint density at radius 3 is 2.68 bits per heavy atom. The Morgan fingerprint density at radius 1 is 1.39 bits per heavy atom. The van der Waals surface area contributed by atoms with Crippen LogP contribution in [-0.2, 0) is 11.3 Å². The van der Waals surface area contributed by atoms with Gasteiger partial charge in [0.1, 0.15) is 11.8 Å². The molecule has 0 unspecified atom stereocenters. The van der Waals surface area contributed by atoms with E-state index in [9.17, 15) is 10.4 Å². The topological polar surface area (TPSA) is 121 Å². The molecule has 1 spiro atoms. The highest BCUT2D eigenvalue weighted by Crippen LogP contribution is 2.42. The van der Waals surface area contributed by atoms with Crippen LogP contribution in [0.3, 0.4) is 0 Å². The number of piperidine rings is 1. The van der Waals surface area contributed by atoms with Crippen LogP contribution in [0.5, 0.6) is 0 Å². The molecule has 2 fully saturated rings. The maximum absolute atomic E-state index is 10.00. The van der Waals surface area contributed by atoms with Crippen molar-refractivity contribution < 1.29 is 9.84 Å². The zero-order valence-corrected chi connectivity index (χ0v) is 17.9. The summed E-state index contributed by atoms with van der Waals surface area (Å²) in [7, 11) is 0. The number of aliphatic hydroxyl groups excluding tert-OH is 1. The lowest BCUT2D eigenvalue weighted by Gasteiger charge is -2.42. The van der Waals surface area contributed by atoms with Crippen molar-refractivity contribution in [2.45, 2.75) is 52.9 Å². The lowest BCUT2D eigenvalue weighted by atomic mass is 9.73. The fourth-order valence-electron chi connectivity index (χ4n) is 4.50. The molecule has 0 saturated carbocycles. The van der Waals surface area contributed by atoms with Gasteiger partial charge >= 0.3 is 0 Å². The third-order valence-electron chi connectivity index (χ3n) is 6.43. The molecule has 2 aliphatic heterocycles. The zero-order chi connectivity index (χ0) is 21.5. The van der Waals surface area contributed by atoms with E-state index in [0.717, 1.165) is 25.9 Å². The summed E-state index contributed by atoms with van der Waals surface area (Å²) in [5, 5.41) is 19.4. The van der Waals surface area contributed by atoms with E-state index in [-0.39, 0.29) is 42.3 Å². The first-order valence-electron chi connectivity index (χ1n) is 10.1. The minimum absolute atomic E-state index is 0. The largest absolute Gasteiger partial charge is 0.390 e. The Morgan fingerprint density at radius 2 is 2.10 bits per heavy atom. The van der Waals surface area contributed by atoms with Gasteiger partial charge in [-0.1, -0.05) is 19.0 Å². The first-order chi connectivity index (χ1) is 14.4. The average molecular weight is 445 g/mol. The summed E-state index contributed by atoms with van der Waals surface area (Å²) in [6, 6.07) is 3.72. The SMILES string of the molecule is C.Cc1nc(N2CCC3(CC2)CO[C@@H](C)[C@H]3N)c(CO)nc1-c1ccnc(C#N)c1Cl. The number of halogens is 1. The van der Waals surface area contributed by atoms with Gasteiger partial charge in [-0.3, -0.25) is 0 Å². The Labute approximate surface area is 188 Å². The van der Waals surface area contributed by atoms with Crippen LogP contribution in [0.15, 0.2) is 12.3 Å². The predicted molar refractivity (Wildman–Crippen MR) is 120 cm³/mol. The molecule has 2 aliphatic rings. The molecule has 3 N–H and O–H groups in total. The van der Waals surface area contributed by atoms with E-state index < -0.39 is 0 Å². The zero-order valence-electron chi connectivity index (χ0n) is 17.1. The van der Waals surface area contributed by atoms with Crippen molar-refractivity contribution >= 4 is 17.4 Å². The first kappa shape index (κ1) is 23.4. The third kappa shape index (κ3) is 3.99. The molecule has 0 aliphatic carbocycles. The van der Waals surface area contributed by atoms with Crippen LogP contribution in [0.1, 0.15) is 44.3 Å². The van der Waals surface area contributed by atoms with Crippen LogP contribution >= 0.6 is 11.6 Å². The van der Waals surface area contributed by atoms with Gasteiger partial charge in [-0.15, -0.1) is 0 Å². The predicted octanol–water partition coefficient (Wildman–Crippen LogP) is 2.83. The van der Waals surface area contributed by atoms with E-state index in [0.29, 0.717) is 35.1 Å². The second kappa shape index (κ2) is 9.05. The molecule has 2 aromatic rings. The van der Waals surface area contributed by atoms with Crippen LogP contribution < -0.4 is 10.6 Å². The van der Waals surface area contributed by atoms with Gasteiger partial charge in [-0.25, -0.2) is 15.0 Å². The van der Waals surface area contributed by atoms with Gasteiger partial charge in [0, 0.05) is 36.3 Å². The molecule has 0 aromatic carbocycles. The van der Waals surface area contributed by atoms with Crippen LogP contribution in [0.4, 0.5) is 5.82 Å². The second-order valence-electron chi connectivity index (χ2n) is 8.11. The molecule has 166 valence electrons. The van der Waals surface area contributed by atoms with Crippen LogP contribution in [0, 0.1) is 23.7 Å². The van der Waals surface area contributed by atoms with E-state index in [1.807, 2.05) is 19.9 Å². The Bertz CT molecular complexity index is 1000. The van der Waals surface area contributed by atoms with Crippen molar-refractivity contribution in [3.8, 4) is 17.3 Å². The van der Waals surface area contributed by atoms with E-state index in [1.54, 1.807) is 6.07 Å². The van der Waals surface area contributed by atoms with Gasteiger partial charge in [0.05, 0.1) is 35.7 Å². The molecule has 4 rings (SSSR count). The molecule has 0 bridgehead atoms. The van der Waals surface area contributed by atoms with Crippen LogP contribution in [0.25, 0.3) is 11.3 Å². The highest BCUT2D eigenvalue weighted by atomic mass is 35.5. The number of pyridine rings is 1. The number of rotatable bonds is 3. The number of hydrogen-bond donors (Lipinski definition) is 2. The molecular formula is C22H29ClN6O2. The number of hydrogen-bond acceptors (Lipinski definition) is 8.